The molecule has 26 heavy (non-hydrogen) atoms. The van der Waals surface area contributed by atoms with Crippen LogP contribution in [-0.4, -0.2) is 48.3 Å². The second kappa shape index (κ2) is 6.13. The molecular formula is C20H23N3O2S. The lowest BCUT2D eigenvalue weighted by molar-refractivity contribution is 0.275. The number of hydrogen-bond acceptors (Lipinski definition) is 4. The van der Waals surface area contributed by atoms with E-state index in [1.165, 1.54) is 21.8 Å². The van der Waals surface area contributed by atoms with Crippen molar-refractivity contribution in [3.05, 3.63) is 48.0 Å². The molecule has 1 aliphatic rings. The Morgan fingerprint density at radius 1 is 1.15 bits per heavy atom. The van der Waals surface area contributed by atoms with Gasteiger partial charge in [-0.15, -0.1) is 0 Å². The minimum Gasteiger partial charge on any atom is -0.344 e. The van der Waals surface area contributed by atoms with E-state index in [0.717, 1.165) is 11.3 Å². The summed E-state index contributed by atoms with van der Waals surface area (Å²) < 4.78 is 25.6. The number of sulfone groups is 1. The summed E-state index contributed by atoms with van der Waals surface area (Å²) in [5.74, 6) is 0.460. The van der Waals surface area contributed by atoms with Crippen molar-refractivity contribution >= 4 is 37.4 Å². The van der Waals surface area contributed by atoms with Gasteiger partial charge in [-0.2, -0.15) is 5.10 Å². The topological polar surface area (TPSA) is 54.7 Å². The molecule has 0 radical (unpaired) electrons. The number of hydrazone groups is 1. The molecule has 0 amide bonds. The normalized spacial score (nSPS) is 20.1. The fraction of sp³-hybridized carbons (Fsp3) is 0.350. The third-order valence-electron chi connectivity index (χ3n) is 5.38. The van der Waals surface area contributed by atoms with E-state index in [2.05, 4.69) is 59.2 Å². The van der Waals surface area contributed by atoms with Crippen LogP contribution in [0.15, 0.2) is 47.6 Å². The zero-order valence-corrected chi connectivity index (χ0v) is 16.1. The highest BCUT2D eigenvalue weighted by Crippen LogP contribution is 2.29. The third-order valence-corrected chi connectivity index (χ3v) is 7.13. The molecule has 4 rings (SSSR count). The lowest BCUT2D eigenvalue weighted by Gasteiger charge is -2.20. The molecule has 2 heterocycles. The summed E-state index contributed by atoms with van der Waals surface area (Å²) in [4.78, 5) is 0. The Bertz CT molecular complexity index is 1130. The van der Waals surface area contributed by atoms with Crippen LogP contribution < -0.4 is 0 Å². The van der Waals surface area contributed by atoms with Crippen molar-refractivity contribution in [2.75, 3.05) is 18.6 Å². The molecule has 1 unspecified atom stereocenters. The van der Waals surface area contributed by atoms with Crippen molar-refractivity contribution in [3.8, 4) is 0 Å². The second-order valence-corrected chi connectivity index (χ2v) is 9.35. The van der Waals surface area contributed by atoms with Gasteiger partial charge in [0.25, 0.3) is 0 Å². The van der Waals surface area contributed by atoms with Crippen molar-refractivity contribution in [1.29, 1.82) is 0 Å². The van der Waals surface area contributed by atoms with Crippen LogP contribution in [0.25, 0.3) is 21.8 Å². The van der Waals surface area contributed by atoms with Gasteiger partial charge in [-0.25, -0.2) is 8.42 Å². The van der Waals surface area contributed by atoms with Crippen LogP contribution >= 0.6 is 0 Å². The second-order valence-electron chi connectivity index (χ2n) is 7.12. The first-order valence-corrected chi connectivity index (χ1v) is 10.6. The molecule has 1 saturated heterocycles. The van der Waals surface area contributed by atoms with Crippen molar-refractivity contribution in [1.82, 2.24) is 9.58 Å². The molecule has 1 fully saturated rings. The van der Waals surface area contributed by atoms with Crippen LogP contribution in [0, 0.1) is 0 Å². The Morgan fingerprint density at radius 3 is 2.62 bits per heavy atom. The number of hydrogen-bond donors (Lipinski definition) is 0. The van der Waals surface area contributed by atoms with E-state index >= 15 is 0 Å². The van der Waals surface area contributed by atoms with Gasteiger partial charge in [0.15, 0.2) is 9.84 Å². The highest BCUT2D eigenvalue weighted by molar-refractivity contribution is 7.91. The van der Waals surface area contributed by atoms with Gasteiger partial charge in [-0.05, 0) is 37.1 Å². The first-order valence-electron chi connectivity index (χ1n) is 8.82. The molecule has 1 atom stereocenters. The van der Waals surface area contributed by atoms with Gasteiger partial charge in [0.05, 0.1) is 23.3 Å². The van der Waals surface area contributed by atoms with E-state index in [1.807, 2.05) is 19.0 Å². The monoisotopic (exact) mass is 369 g/mol. The maximum atomic E-state index is 11.7. The number of aromatic nitrogens is 1. The zero-order chi connectivity index (χ0) is 18.5. The molecule has 0 aliphatic carbocycles. The van der Waals surface area contributed by atoms with E-state index in [0.29, 0.717) is 6.42 Å². The number of aryl methyl sites for hydroxylation is 1. The van der Waals surface area contributed by atoms with Crippen LogP contribution in [0.3, 0.4) is 0 Å². The Kier molecular flexibility index (Phi) is 4.03. The van der Waals surface area contributed by atoms with Crippen LogP contribution in [-0.2, 0) is 16.9 Å². The summed E-state index contributed by atoms with van der Waals surface area (Å²) in [6.07, 6.45) is 0.651. The van der Waals surface area contributed by atoms with Crippen molar-refractivity contribution < 1.29 is 8.42 Å². The van der Waals surface area contributed by atoms with Crippen molar-refractivity contribution in [3.63, 3.8) is 0 Å². The zero-order valence-electron chi connectivity index (χ0n) is 15.3. The molecule has 0 spiro atoms. The summed E-state index contributed by atoms with van der Waals surface area (Å²) in [7, 11) is 1.04. The van der Waals surface area contributed by atoms with E-state index in [1.54, 1.807) is 0 Å². The molecule has 0 saturated carbocycles. The van der Waals surface area contributed by atoms with E-state index in [-0.39, 0.29) is 17.5 Å². The predicted octanol–water partition coefficient (Wildman–Crippen LogP) is 3.17. The van der Waals surface area contributed by atoms with E-state index in [4.69, 9.17) is 0 Å². The lowest BCUT2D eigenvalue weighted by atomic mass is 10.1. The highest BCUT2D eigenvalue weighted by Gasteiger charge is 2.30. The molecule has 136 valence electrons. The summed E-state index contributed by atoms with van der Waals surface area (Å²) in [5.41, 5.74) is 4.36. The van der Waals surface area contributed by atoms with Gasteiger partial charge in [-0.3, -0.25) is 5.01 Å². The smallest absolute Gasteiger partial charge is 0.152 e. The lowest BCUT2D eigenvalue weighted by Crippen LogP contribution is -2.29. The first-order chi connectivity index (χ1) is 12.4. The van der Waals surface area contributed by atoms with Gasteiger partial charge < -0.3 is 4.57 Å². The predicted molar refractivity (Wildman–Crippen MR) is 107 cm³/mol. The molecule has 3 aromatic rings. The third kappa shape index (κ3) is 2.88. The van der Waals surface area contributed by atoms with Gasteiger partial charge >= 0.3 is 0 Å². The van der Waals surface area contributed by atoms with Crippen molar-refractivity contribution in [2.45, 2.75) is 19.4 Å². The van der Waals surface area contributed by atoms with Crippen LogP contribution in [0.4, 0.5) is 0 Å². The molecule has 0 bridgehead atoms. The molecule has 5 nitrogen and oxygen atoms in total. The fourth-order valence-corrected chi connectivity index (χ4v) is 5.61. The van der Waals surface area contributed by atoms with E-state index in [9.17, 15) is 8.42 Å². The fourth-order valence-electron chi connectivity index (χ4n) is 3.84. The van der Waals surface area contributed by atoms with Crippen LogP contribution in [0.2, 0.25) is 0 Å². The standard InChI is InChI=1S/C20H23N3O2S/c1-14(21-23(3)16-10-11-26(24,25)13-16)15-8-9-20-18(12-15)17-6-4-5-7-19(17)22(20)2/h4-9,12,16H,10-11,13H2,1-3H3/b21-14-. The molecule has 6 heteroatoms. The molecule has 1 aromatic heterocycles. The maximum Gasteiger partial charge on any atom is 0.152 e. The highest BCUT2D eigenvalue weighted by atomic mass is 32.2. The summed E-state index contributed by atoms with van der Waals surface area (Å²) in [6.45, 7) is 1.98. The number of fused-ring (bicyclic) bond motifs is 3. The molecule has 1 aliphatic heterocycles. The van der Waals surface area contributed by atoms with Gasteiger partial charge in [0.2, 0.25) is 0 Å². The van der Waals surface area contributed by atoms with E-state index < -0.39 is 9.84 Å². The molecule has 0 N–H and O–H groups in total. The minimum absolute atomic E-state index is 0.0313. The summed E-state index contributed by atoms with van der Waals surface area (Å²) in [5, 5.41) is 8.92. The van der Waals surface area contributed by atoms with Gasteiger partial charge in [-0.1, -0.05) is 24.3 Å². The van der Waals surface area contributed by atoms with Crippen molar-refractivity contribution in [2.24, 2.45) is 12.1 Å². The Labute approximate surface area is 153 Å². The average molecular weight is 369 g/mol. The number of para-hydroxylation sites is 1. The van der Waals surface area contributed by atoms with Gasteiger partial charge in [0.1, 0.15) is 0 Å². The average Bonchev–Trinajstić information content (AvgIpc) is 3.13. The summed E-state index contributed by atoms with van der Waals surface area (Å²) in [6, 6.07) is 14.7. The Balaban J connectivity index is 1.71. The molecule has 2 aromatic carbocycles. The first kappa shape index (κ1) is 17.1. The maximum absolute atomic E-state index is 11.7. The minimum atomic E-state index is -2.90. The Morgan fingerprint density at radius 2 is 1.88 bits per heavy atom. The van der Waals surface area contributed by atoms with Crippen LogP contribution in [0.1, 0.15) is 18.9 Å². The van der Waals surface area contributed by atoms with Crippen LogP contribution in [0.5, 0.6) is 0 Å². The Hall–Kier alpha value is -2.34. The largest absolute Gasteiger partial charge is 0.344 e. The number of nitrogens with zero attached hydrogens (tertiary/aromatic N) is 3. The number of rotatable bonds is 3. The number of benzene rings is 2. The quantitative estimate of drug-likeness (QED) is 0.526. The SMILES string of the molecule is C/C(=N/N(C)C1CCS(=O)(=O)C1)c1ccc2c(c1)c1ccccc1n2C. The van der Waals surface area contributed by atoms with Gasteiger partial charge in [0, 0.05) is 35.9 Å². The summed E-state index contributed by atoms with van der Waals surface area (Å²) >= 11 is 0. The molecular weight excluding hydrogens is 346 g/mol.